The molecule has 1 saturated carbocycles. The third-order valence-corrected chi connectivity index (χ3v) is 4.13. The number of carbonyl (C=O) groups is 2. The average molecular weight is 289 g/mol. The number of rotatable bonds is 4. The normalized spacial score (nSPS) is 22.3. The van der Waals surface area contributed by atoms with Gasteiger partial charge in [0.05, 0.1) is 0 Å². The molecule has 0 radical (unpaired) electrons. The van der Waals surface area contributed by atoms with Crippen LogP contribution in [0, 0.1) is 5.92 Å². The fraction of sp³-hybridized carbons (Fsp3) is 0.500. The molecule has 1 aliphatic rings. The van der Waals surface area contributed by atoms with E-state index >= 15 is 0 Å². The molecule has 21 heavy (non-hydrogen) atoms. The van der Waals surface area contributed by atoms with Gasteiger partial charge in [0.15, 0.2) is 0 Å². The Bertz CT molecular complexity index is 510. The van der Waals surface area contributed by atoms with E-state index in [0.717, 1.165) is 24.4 Å². The quantitative estimate of drug-likeness (QED) is 0.741. The maximum Gasteiger partial charge on any atom is 0.248 e. The van der Waals surface area contributed by atoms with Crippen molar-refractivity contribution in [3.63, 3.8) is 0 Å². The largest absolute Gasteiger partial charge is 0.382 e. The van der Waals surface area contributed by atoms with Crippen LogP contribution in [0.25, 0.3) is 0 Å². The van der Waals surface area contributed by atoms with E-state index in [1.807, 2.05) is 0 Å². The van der Waals surface area contributed by atoms with Crippen LogP contribution in [-0.2, 0) is 0 Å². The minimum Gasteiger partial charge on any atom is -0.382 e. The minimum atomic E-state index is -0.560. The highest BCUT2D eigenvalue weighted by Crippen LogP contribution is 2.25. The summed E-state index contributed by atoms with van der Waals surface area (Å²) in [6.07, 6.45) is 5.82. The van der Waals surface area contributed by atoms with E-state index in [-0.39, 0.29) is 0 Å². The SMILES string of the molecule is CC1CCCC(Nc2cc(C(N)=O)cc(C(N)=O)c2)CC1. The average Bonchev–Trinajstić information content (AvgIpc) is 2.63. The van der Waals surface area contributed by atoms with E-state index in [0.29, 0.717) is 17.2 Å². The Morgan fingerprint density at radius 1 is 1.00 bits per heavy atom. The summed E-state index contributed by atoms with van der Waals surface area (Å²) in [5.74, 6) is -0.360. The number of benzene rings is 1. The monoisotopic (exact) mass is 289 g/mol. The molecule has 0 bridgehead atoms. The summed E-state index contributed by atoms with van der Waals surface area (Å²) >= 11 is 0. The lowest BCUT2D eigenvalue weighted by molar-refractivity contribution is 0.0999. The van der Waals surface area contributed by atoms with Gasteiger partial charge >= 0.3 is 0 Å². The summed E-state index contributed by atoms with van der Waals surface area (Å²) in [6.45, 7) is 2.28. The zero-order chi connectivity index (χ0) is 15.4. The van der Waals surface area contributed by atoms with E-state index in [1.54, 1.807) is 12.1 Å². The summed E-state index contributed by atoms with van der Waals surface area (Å²) in [4.78, 5) is 22.7. The Labute approximate surface area is 125 Å². The number of anilines is 1. The Kier molecular flexibility index (Phi) is 4.83. The van der Waals surface area contributed by atoms with Gasteiger partial charge in [0.1, 0.15) is 0 Å². The Hall–Kier alpha value is -2.04. The summed E-state index contributed by atoms with van der Waals surface area (Å²) in [6, 6.07) is 5.16. The molecule has 114 valence electrons. The number of nitrogens with one attached hydrogen (secondary N) is 1. The highest BCUT2D eigenvalue weighted by atomic mass is 16.1. The Morgan fingerprint density at radius 2 is 1.62 bits per heavy atom. The standard InChI is InChI=1S/C16H23N3O2/c1-10-3-2-4-13(6-5-10)19-14-8-11(15(17)20)7-12(9-14)16(18)21/h7-10,13,19H,2-6H2,1H3,(H2,17,20)(H2,18,21). The molecule has 0 heterocycles. The van der Waals surface area contributed by atoms with E-state index in [4.69, 9.17) is 11.5 Å². The lowest BCUT2D eigenvalue weighted by Gasteiger charge is -2.18. The minimum absolute atomic E-state index is 0.302. The van der Waals surface area contributed by atoms with E-state index in [2.05, 4.69) is 12.2 Å². The fourth-order valence-electron chi connectivity index (χ4n) is 2.86. The van der Waals surface area contributed by atoms with Crippen LogP contribution in [0.4, 0.5) is 5.69 Å². The molecular weight excluding hydrogens is 266 g/mol. The van der Waals surface area contributed by atoms with Crippen LogP contribution in [0.2, 0.25) is 0 Å². The number of hydrogen-bond acceptors (Lipinski definition) is 3. The predicted molar refractivity (Wildman–Crippen MR) is 83.1 cm³/mol. The number of amides is 2. The molecule has 1 aromatic rings. The first-order valence-corrected chi connectivity index (χ1v) is 7.47. The molecule has 1 aliphatic carbocycles. The highest BCUT2D eigenvalue weighted by Gasteiger charge is 2.17. The van der Waals surface area contributed by atoms with Crippen molar-refractivity contribution in [3.8, 4) is 0 Å². The van der Waals surface area contributed by atoms with Gasteiger partial charge in [-0.2, -0.15) is 0 Å². The zero-order valence-electron chi connectivity index (χ0n) is 12.4. The van der Waals surface area contributed by atoms with Crippen LogP contribution in [0.5, 0.6) is 0 Å². The van der Waals surface area contributed by atoms with Crippen molar-refractivity contribution in [3.05, 3.63) is 29.3 Å². The van der Waals surface area contributed by atoms with Crippen LogP contribution >= 0.6 is 0 Å². The summed E-state index contributed by atoms with van der Waals surface area (Å²) in [5, 5.41) is 3.42. The van der Waals surface area contributed by atoms with Crippen molar-refractivity contribution >= 4 is 17.5 Å². The maximum absolute atomic E-state index is 11.4. The molecular formula is C16H23N3O2. The molecule has 5 N–H and O–H groups in total. The van der Waals surface area contributed by atoms with Crippen molar-refractivity contribution in [1.29, 1.82) is 0 Å². The van der Waals surface area contributed by atoms with E-state index < -0.39 is 11.8 Å². The first kappa shape index (κ1) is 15.4. The van der Waals surface area contributed by atoms with Gasteiger partial charge in [0.25, 0.3) is 0 Å². The van der Waals surface area contributed by atoms with Crippen molar-refractivity contribution in [2.75, 3.05) is 5.32 Å². The molecule has 5 nitrogen and oxygen atoms in total. The molecule has 0 aromatic heterocycles. The lowest BCUT2D eigenvalue weighted by atomic mass is 10.0. The summed E-state index contributed by atoms with van der Waals surface area (Å²) < 4.78 is 0. The van der Waals surface area contributed by atoms with Crippen LogP contribution in [0.1, 0.15) is 59.7 Å². The first-order chi connectivity index (χ1) is 9.95. The second kappa shape index (κ2) is 6.61. The van der Waals surface area contributed by atoms with Crippen molar-refractivity contribution in [2.24, 2.45) is 17.4 Å². The smallest absolute Gasteiger partial charge is 0.248 e. The van der Waals surface area contributed by atoms with Gasteiger partial charge in [0, 0.05) is 22.9 Å². The molecule has 1 fully saturated rings. The fourth-order valence-corrected chi connectivity index (χ4v) is 2.86. The van der Waals surface area contributed by atoms with Crippen LogP contribution in [0.3, 0.4) is 0 Å². The molecule has 2 rings (SSSR count). The highest BCUT2D eigenvalue weighted by molar-refractivity contribution is 5.99. The zero-order valence-corrected chi connectivity index (χ0v) is 12.4. The van der Waals surface area contributed by atoms with Gasteiger partial charge < -0.3 is 16.8 Å². The first-order valence-electron chi connectivity index (χ1n) is 7.47. The van der Waals surface area contributed by atoms with Crippen LogP contribution in [-0.4, -0.2) is 17.9 Å². The second-order valence-electron chi connectivity index (χ2n) is 5.98. The number of primary amides is 2. The molecule has 0 aliphatic heterocycles. The molecule has 2 unspecified atom stereocenters. The molecule has 2 amide bonds. The summed E-state index contributed by atoms with van der Waals surface area (Å²) in [5.41, 5.74) is 12.0. The van der Waals surface area contributed by atoms with Crippen LogP contribution in [0.15, 0.2) is 18.2 Å². The Balaban J connectivity index is 2.18. The molecule has 5 heteroatoms. The van der Waals surface area contributed by atoms with Crippen molar-refractivity contribution in [1.82, 2.24) is 0 Å². The number of nitrogens with two attached hydrogens (primary N) is 2. The molecule has 2 atom stereocenters. The molecule has 0 spiro atoms. The van der Waals surface area contributed by atoms with Crippen molar-refractivity contribution < 1.29 is 9.59 Å². The van der Waals surface area contributed by atoms with Crippen molar-refractivity contribution in [2.45, 2.75) is 45.1 Å². The third-order valence-electron chi connectivity index (χ3n) is 4.13. The Morgan fingerprint density at radius 3 is 2.19 bits per heavy atom. The van der Waals surface area contributed by atoms with Gasteiger partial charge in [-0.05, 0) is 43.4 Å². The van der Waals surface area contributed by atoms with Gasteiger partial charge in [-0.3, -0.25) is 9.59 Å². The molecule has 1 aromatic carbocycles. The predicted octanol–water partition coefficient (Wildman–Crippen LogP) is 2.27. The van der Waals surface area contributed by atoms with E-state index in [1.165, 1.54) is 25.3 Å². The lowest BCUT2D eigenvalue weighted by Crippen LogP contribution is -2.21. The topological polar surface area (TPSA) is 98.2 Å². The summed E-state index contributed by atoms with van der Waals surface area (Å²) in [7, 11) is 0. The van der Waals surface area contributed by atoms with E-state index in [9.17, 15) is 9.59 Å². The number of carbonyl (C=O) groups excluding carboxylic acids is 2. The van der Waals surface area contributed by atoms with Crippen LogP contribution < -0.4 is 16.8 Å². The van der Waals surface area contributed by atoms with Gasteiger partial charge in [-0.1, -0.05) is 19.8 Å². The maximum atomic E-state index is 11.4. The second-order valence-corrected chi connectivity index (χ2v) is 5.98. The van der Waals surface area contributed by atoms with Gasteiger partial charge in [-0.25, -0.2) is 0 Å². The van der Waals surface area contributed by atoms with Gasteiger partial charge in [0.2, 0.25) is 11.8 Å². The molecule has 0 saturated heterocycles. The third kappa shape index (κ3) is 4.21. The number of hydrogen-bond donors (Lipinski definition) is 3. The van der Waals surface area contributed by atoms with Gasteiger partial charge in [-0.15, -0.1) is 0 Å².